The van der Waals surface area contributed by atoms with Crippen molar-refractivity contribution < 1.29 is 10.2 Å². The average Bonchev–Trinajstić information content (AvgIpc) is 2.98. The summed E-state index contributed by atoms with van der Waals surface area (Å²) in [5.41, 5.74) is 5.23. The van der Waals surface area contributed by atoms with Gasteiger partial charge in [0.15, 0.2) is 0 Å². The van der Waals surface area contributed by atoms with Crippen molar-refractivity contribution in [2.45, 2.75) is 76.2 Å². The Morgan fingerprint density at radius 1 is 0.400 bits per heavy atom. The van der Waals surface area contributed by atoms with E-state index in [0.29, 0.717) is 12.1 Å². The molecule has 0 spiro atoms. The molecular formula is C36H42N2O2. The van der Waals surface area contributed by atoms with Crippen LogP contribution in [0.4, 0.5) is 0 Å². The zero-order valence-corrected chi connectivity index (χ0v) is 23.3. The Kier molecular flexibility index (Phi) is 10.2. The zero-order chi connectivity index (χ0) is 27.6. The van der Waals surface area contributed by atoms with Gasteiger partial charge in [-0.2, -0.15) is 0 Å². The van der Waals surface area contributed by atoms with Crippen LogP contribution in [0.1, 0.15) is 47.9 Å². The van der Waals surface area contributed by atoms with Crippen molar-refractivity contribution >= 4 is 0 Å². The van der Waals surface area contributed by atoms with Crippen molar-refractivity contribution in [3.63, 3.8) is 0 Å². The molecule has 0 aliphatic heterocycles. The first-order valence-electron chi connectivity index (χ1n) is 14.7. The molecule has 4 atom stereocenters. The number of aliphatic hydroxyl groups excluding tert-OH is 2. The van der Waals surface area contributed by atoms with Gasteiger partial charge < -0.3 is 10.2 Å². The van der Waals surface area contributed by atoms with Crippen molar-refractivity contribution in [1.82, 2.24) is 9.80 Å². The maximum atomic E-state index is 9.99. The van der Waals surface area contributed by atoms with Crippen LogP contribution < -0.4 is 0 Å². The number of hydrogen-bond donors (Lipinski definition) is 2. The summed E-state index contributed by atoms with van der Waals surface area (Å²) in [7, 11) is 0. The fourth-order valence-electron chi connectivity index (χ4n) is 5.63. The highest BCUT2D eigenvalue weighted by molar-refractivity contribution is 5.19. The van der Waals surface area contributed by atoms with Crippen LogP contribution in [0.3, 0.4) is 0 Å². The van der Waals surface area contributed by atoms with Crippen LogP contribution in [0.2, 0.25) is 0 Å². The second-order valence-electron chi connectivity index (χ2n) is 11.2. The third kappa shape index (κ3) is 7.89. The molecule has 0 aromatic heterocycles. The summed E-state index contributed by atoms with van der Waals surface area (Å²) in [6.07, 6.45) is 3.74. The standard InChI is InChI=1S/2C18H21NO/c2*20-18-12-11-17(18)19(13-15-7-3-1-4-8-15)14-16-9-5-2-6-10-16/h2*1-10,17-18,20H,11-14H2/t2*17-,18+/m10/s1. The number of hydrogen-bond acceptors (Lipinski definition) is 4. The first-order valence-corrected chi connectivity index (χ1v) is 14.7. The van der Waals surface area contributed by atoms with Gasteiger partial charge in [-0.3, -0.25) is 9.80 Å². The summed E-state index contributed by atoms with van der Waals surface area (Å²) < 4.78 is 0. The summed E-state index contributed by atoms with van der Waals surface area (Å²) in [5, 5.41) is 20.0. The van der Waals surface area contributed by atoms with Crippen LogP contribution in [0.5, 0.6) is 0 Å². The maximum absolute atomic E-state index is 9.99. The van der Waals surface area contributed by atoms with Gasteiger partial charge in [0.05, 0.1) is 12.2 Å². The lowest BCUT2D eigenvalue weighted by atomic mass is 9.87. The molecule has 0 radical (unpaired) electrons. The van der Waals surface area contributed by atoms with Gasteiger partial charge in [0.25, 0.3) is 0 Å². The van der Waals surface area contributed by atoms with E-state index in [1.165, 1.54) is 22.3 Å². The van der Waals surface area contributed by atoms with E-state index in [2.05, 4.69) is 107 Å². The van der Waals surface area contributed by atoms with E-state index in [1.807, 2.05) is 24.3 Å². The van der Waals surface area contributed by atoms with Gasteiger partial charge >= 0.3 is 0 Å². The molecule has 2 aliphatic carbocycles. The fourth-order valence-corrected chi connectivity index (χ4v) is 5.63. The molecule has 2 aliphatic rings. The van der Waals surface area contributed by atoms with Gasteiger partial charge in [0.1, 0.15) is 0 Å². The summed E-state index contributed by atoms with van der Waals surface area (Å²) in [6.45, 7) is 3.60. The van der Waals surface area contributed by atoms with Gasteiger partial charge in [0, 0.05) is 38.3 Å². The Hall–Kier alpha value is -3.28. The molecule has 6 rings (SSSR count). The van der Waals surface area contributed by atoms with Gasteiger partial charge in [-0.05, 0) is 47.9 Å². The average molecular weight is 535 g/mol. The van der Waals surface area contributed by atoms with Crippen LogP contribution in [0.25, 0.3) is 0 Å². The van der Waals surface area contributed by atoms with Gasteiger partial charge in [-0.15, -0.1) is 0 Å². The van der Waals surface area contributed by atoms with Crippen molar-refractivity contribution in [2.75, 3.05) is 0 Å². The summed E-state index contributed by atoms with van der Waals surface area (Å²) in [4.78, 5) is 4.80. The molecule has 0 bridgehead atoms. The third-order valence-electron chi connectivity index (χ3n) is 8.26. The van der Waals surface area contributed by atoms with E-state index >= 15 is 0 Å². The highest BCUT2D eigenvalue weighted by Crippen LogP contribution is 2.29. The molecule has 4 aromatic carbocycles. The van der Waals surface area contributed by atoms with E-state index in [9.17, 15) is 10.2 Å². The number of benzene rings is 4. The molecule has 0 amide bonds. The van der Waals surface area contributed by atoms with E-state index < -0.39 is 0 Å². The van der Waals surface area contributed by atoms with Crippen LogP contribution >= 0.6 is 0 Å². The first-order chi connectivity index (χ1) is 19.7. The minimum absolute atomic E-state index is 0.164. The molecule has 0 heterocycles. The lowest BCUT2D eigenvalue weighted by molar-refractivity contribution is -0.0290. The molecule has 2 N–H and O–H groups in total. The van der Waals surface area contributed by atoms with Gasteiger partial charge in [-0.25, -0.2) is 0 Å². The number of rotatable bonds is 10. The van der Waals surface area contributed by atoms with E-state index in [4.69, 9.17) is 0 Å². The molecular weight excluding hydrogens is 492 g/mol. The Labute approximate surface area is 239 Å². The molecule has 0 saturated heterocycles. The summed E-state index contributed by atoms with van der Waals surface area (Å²) >= 11 is 0. The lowest BCUT2D eigenvalue weighted by Gasteiger charge is -2.41. The first kappa shape index (κ1) is 28.3. The number of aliphatic hydroxyl groups is 2. The minimum atomic E-state index is -0.164. The molecule has 4 aromatic rings. The largest absolute Gasteiger partial charge is 0.391 e. The zero-order valence-electron chi connectivity index (χ0n) is 23.3. The SMILES string of the molecule is O[C@@H]1CC[C@@H]1N(Cc1ccccc1)Cc1ccccc1.O[C@H]1CC[C@H]1N(Cc1ccccc1)Cc1ccccc1. The van der Waals surface area contributed by atoms with E-state index in [1.54, 1.807) is 0 Å². The normalized spacial score (nSPS) is 21.7. The second-order valence-corrected chi connectivity index (χ2v) is 11.2. The predicted molar refractivity (Wildman–Crippen MR) is 162 cm³/mol. The molecule has 208 valence electrons. The lowest BCUT2D eigenvalue weighted by Crippen LogP contribution is -2.49. The Morgan fingerprint density at radius 3 is 0.825 bits per heavy atom. The molecule has 2 fully saturated rings. The smallest absolute Gasteiger partial charge is 0.0696 e. The minimum Gasteiger partial charge on any atom is -0.391 e. The van der Waals surface area contributed by atoms with Gasteiger partial charge in [0.2, 0.25) is 0 Å². The molecule has 4 heteroatoms. The Bertz CT molecular complexity index is 1070. The van der Waals surface area contributed by atoms with Crippen molar-refractivity contribution in [1.29, 1.82) is 0 Å². The quantitative estimate of drug-likeness (QED) is 0.246. The van der Waals surface area contributed by atoms with Crippen LogP contribution in [-0.4, -0.2) is 44.3 Å². The van der Waals surface area contributed by atoms with Crippen molar-refractivity contribution in [3.8, 4) is 0 Å². The molecule has 0 unspecified atom stereocenters. The molecule has 40 heavy (non-hydrogen) atoms. The van der Waals surface area contributed by atoms with Crippen molar-refractivity contribution in [3.05, 3.63) is 144 Å². The van der Waals surface area contributed by atoms with E-state index in [0.717, 1.165) is 51.9 Å². The summed E-state index contributed by atoms with van der Waals surface area (Å²) in [5.74, 6) is 0. The van der Waals surface area contributed by atoms with Gasteiger partial charge in [-0.1, -0.05) is 121 Å². The Morgan fingerprint density at radius 2 is 0.650 bits per heavy atom. The molecule has 4 nitrogen and oxygen atoms in total. The monoisotopic (exact) mass is 534 g/mol. The van der Waals surface area contributed by atoms with Crippen LogP contribution in [0, 0.1) is 0 Å². The topological polar surface area (TPSA) is 46.9 Å². The number of nitrogens with zero attached hydrogens (tertiary/aromatic N) is 2. The van der Waals surface area contributed by atoms with Crippen molar-refractivity contribution in [2.24, 2.45) is 0 Å². The van der Waals surface area contributed by atoms with E-state index in [-0.39, 0.29) is 12.2 Å². The second kappa shape index (κ2) is 14.4. The third-order valence-corrected chi connectivity index (χ3v) is 8.26. The fraction of sp³-hybridized carbons (Fsp3) is 0.333. The Balaban J connectivity index is 0.000000161. The maximum Gasteiger partial charge on any atom is 0.0696 e. The van der Waals surface area contributed by atoms with Crippen LogP contribution in [-0.2, 0) is 26.2 Å². The van der Waals surface area contributed by atoms with Crippen LogP contribution in [0.15, 0.2) is 121 Å². The highest BCUT2D eigenvalue weighted by Gasteiger charge is 2.34. The highest BCUT2D eigenvalue weighted by atomic mass is 16.3. The molecule has 2 saturated carbocycles. The predicted octanol–water partition coefficient (Wildman–Crippen LogP) is 6.42. The summed E-state index contributed by atoms with van der Waals surface area (Å²) in [6, 6.07) is 42.6.